The zero-order chi connectivity index (χ0) is 10.8. The molecule has 1 amide bonds. The molecule has 0 aromatic heterocycles. The summed E-state index contributed by atoms with van der Waals surface area (Å²) in [5.41, 5.74) is 5.48. The normalized spacial score (nSPS) is 31.5. The van der Waals surface area contributed by atoms with Gasteiger partial charge in [0.15, 0.2) is 0 Å². The molecule has 1 saturated carbocycles. The molecule has 0 saturated heterocycles. The standard InChI is InChI=1S/C10H17ClN2O/c1-7(11)6-13-9(14)10(2)5-3-4-8(10)12/h8H,1,3-6,12H2,2H3,(H,13,14). The molecule has 2 unspecified atom stereocenters. The van der Waals surface area contributed by atoms with Gasteiger partial charge in [0, 0.05) is 11.1 Å². The van der Waals surface area contributed by atoms with E-state index in [-0.39, 0.29) is 11.9 Å². The largest absolute Gasteiger partial charge is 0.351 e. The summed E-state index contributed by atoms with van der Waals surface area (Å²) in [6.45, 7) is 5.75. The molecule has 0 spiro atoms. The van der Waals surface area contributed by atoms with E-state index >= 15 is 0 Å². The van der Waals surface area contributed by atoms with E-state index in [1.54, 1.807) is 0 Å². The fourth-order valence-corrected chi connectivity index (χ4v) is 1.92. The predicted octanol–water partition coefficient (Wildman–Crippen LogP) is 1.37. The van der Waals surface area contributed by atoms with Crippen molar-refractivity contribution in [2.75, 3.05) is 6.54 Å². The van der Waals surface area contributed by atoms with Crippen molar-refractivity contribution in [2.45, 2.75) is 32.2 Å². The van der Waals surface area contributed by atoms with Gasteiger partial charge < -0.3 is 11.1 Å². The molecular formula is C10H17ClN2O. The zero-order valence-electron chi connectivity index (χ0n) is 8.48. The van der Waals surface area contributed by atoms with Gasteiger partial charge in [-0.2, -0.15) is 0 Å². The third kappa shape index (κ3) is 2.28. The SMILES string of the molecule is C=C(Cl)CNC(=O)C1(C)CCCC1N. The molecule has 0 bridgehead atoms. The van der Waals surface area contributed by atoms with Crippen molar-refractivity contribution in [3.8, 4) is 0 Å². The first-order valence-corrected chi connectivity index (χ1v) is 5.22. The van der Waals surface area contributed by atoms with Crippen molar-refractivity contribution in [3.63, 3.8) is 0 Å². The molecule has 1 fully saturated rings. The number of nitrogens with one attached hydrogen (secondary N) is 1. The summed E-state index contributed by atoms with van der Waals surface area (Å²) in [7, 11) is 0. The second-order valence-electron chi connectivity index (χ2n) is 4.12. The Balaban J connectivity index is 2.54. The summed E-state index contributed by atoms with van der Waals surface area (Å²) in [5, 5.41) is 3.18. The Morgan fingerprint density at radius 3 is 2.86 bits per heavy atom. The molecule has 0 aliphatic heterocycles. The van der Waals surface area contributed by atoms with Crippen LogP contribution in [-0.2, 0) is 4.79 Å². The van der Waals surface area contributed by atoms with E-state index in [0.29, 0.717) is 11.6 Å². The number of nitrogens with two attached hydrogens (primary N) is 1. The predicted molar refractivity (Wildman–Crippen MR) is 57.9 cm³/mol. The molecule has 1 aliphatic rings. The van der Waals surface area contributed by atoms with Crippen LogP contribution in [0.4, 0.5) is 0 Å². The Morgan fingerprint density at radius 2 is 2.43 bits per heavy atom. The molecule has 0 heterocycles. The molecule has 2 atom stereocenters. The first-order valence-electron chi connectivity index (χ1n) is 4.84. The summed E-state index contributed by atoms with van der Waals surface area (Å²) in [6, 6.07) is -0.0360. The lowest BCUT2D eigenvalue weighted by Crippen LogP contribution is -2.47. The van der Waals surface area contributed by atoms with Crippen LogP contribution >= 0.6 is 11.6 Å². The highest BCUT2D eigenvalue weighted by Crippen LogP contribution is 2.36. The van der Waals surface area contributed by atoms with Crippen molar-refractivity contribution in [1.29, 1.82) is 0 Å². The molecule has 4 heteroatoms. The van der Waals surface area contributed by atoms with E-state index < -0.39 is 5.41 Å². The van der Waals surface area contributed by atoms with Crippen LogP contribution in [0.25, 0.3) is 0 Å². The van der Waals surface area contributed by atoms with E-state index in [1.165, 1.54) is 0 Å². The van der Waals surface area contributed by atoms with Crippen LogP contribution in [-0.4, -0.2) is 18.5 Å². The van der Waals surface area contributed by atoms with E-state index in [2.05, 4.69) is 11.9 Å². The number of hydrogen-bond acceptors (Lipinski definition) is 2. The van der Waals surface area contributed by atoms with Crippen LogP contribution in [0.3, 0.4) is 0 Å². The summed E-state index contributed by atoms with van der Waals surface area (Å²) < 4.78 is 0. The molecule has 14 heavy (non-hydrogen) atoms. The third-order valence-electron chi connectivity index (χ3n) is 2.99. The maximum absolute atomic E-state index is 11.8. The van der Waals surface area contributed by atoms with E-state index in [4.69, 9.17) is 17.3 Å². The Morgan fingerprint density at radius 1 is 1.79 bits per heavy atom. The quantitative estimate of drug-likeness (QED) is 0.749. The Kier molecular flexibility index (Phi) is 3.56. The van der Waals surface area contributed by atoms with Gasteiger partial charge in [-0.25, -0.2) is 0 Å². The Hall–Kier alpha value is -0.540. The lowest BCUT2D eigenvalue weighted by molar-refractivity contribution is -0.130. The lowest BCUT2D eigenvalue weighted by atomic mass is 9.84. The molecule has 0 aromatic carbocycles. The number of hydrogen-bond donors (Lipinski definition) is 2. The van der Waals surface area contributed by atoms with Crippen molar-refractivity contribution < 1.29 is 4.79 Å². The number of amides is 1. The lowest BCUT2D eigenvalue weighted by Gasteiger charge is -2.27. The van der Waals surface area contributed by atoms with Gasteiger partial charge in [-0.05, 0) is 19.8 Å². The topological polar surface area (TPSA) is 55.1 Å². The molecular weight excluding hydrogens is 200 g/mol. The summed E-state index contributed by atoms with van der Waals surface area (Å²) in [6.07, 6.45) is 2.80. The first kappa shape index (κ1) is 11.5. The molecule has 0 aromatic rings. The second kappa shape index (κ2) is 4.32. The fraction of sp³-hybridized carbons (Fsp3) is 0.700. The number of halogens is 1. The van der Waals surface area contributed by atoms with E-state index in [1.807, 2.05) is 6.92 Å². The summed E-state index contributed by atoms with van der Waals surface area (Å²) >= 11 is 5.57. The first-order chi connectivity index (χ1) is 6.47. The average molecular weight is 217 g/mol. The molecule has 1 aliphatic carbocycles. The zero-order valence-corrected chi connectivity index (χ0v) is 9.23. The minimum Gasteiger partial charge on any atom is -0.351 e. The smallest absolute Gasteiger partial charge is 0.227 e. The highest BCUT2D eigenvalue weighted by molar-refractivity contribution is 6.29. The number of rotatable bonds is 3. The van der Waals surface area contributed by atoms with Gasteiger partial charge >= 0.3 is 0 Å². The van der Waals surface area contributed by atoms with Gasteiger partial charge in [-0.15, -0.1) is 0 Å². The van der Waals surface area contributed by atoms with Crippen molar-refractivity contribution in [3.05, 3.63) is 11.6 Å². The Labute approximate surface area is 89.7 Å². The van der Waals surface area contributed by atoms with Gasteiger partial charge in [0.2, 0.25) is 5.91 Å². The van der Waals surface area contributed by atoms with Crippen LogP contribution in [0.1, 0.15) is 26.2 Å². The average Bonchev–Trinajstić information content (AvgIpc) is 2.44. The van der Waals surface area contributed by atoms with Crippen LogP contribution in [0, 0.1) is 5.41 Å². The molecule has 3 N–H and O–H groups in total. The van der Waals surface area contributed by atoms with Crippen molar-refractivity contribution >= 4 is 17.5 Å². The number of carbonyl (C=O) groups excluding carboxylic acids is 1. The molecule has 80 valence electrons. The van der Waals surface area contributed by atoms with E-state index in [9.17, 15) is 4.79 Å². The summed E-state index contributed by atoms with van der Waals surface area (Å²) in [4.78, 5) is 11.8. The third-order valence-corrected chi connectivity index (χ3v) is 3.12. The van der Waals surface area contributed by atoms with Crippen LogP contribution in [0.2, 0.25) is 0 Å². The monoisotopic (exact) mass is 216 g/mol. The highest BCUT2D eigenvalue weighted by Gasteiger charge is 2.42. The summed E-state index contributed by atoms with van der Waals surface area (Å²) in [5.74, 6) is -0.00991. The minimum atomic E-state index is -0.424. The fourth-order valence-electron chi connectivity index (χ4n) is 1.85. The van der Waals surface area contributed by atoms with Crippen LogP contribution in [0.15, 0.2) is 11.6 Å². The molecule has 1 rings (SSSR count). The van der Waals surface area contributed by atoms with Gasteiger partial charge in [-0.3, -0.25) is 4.79 Å². The maximum atomic E-state index is 11.8. The minimum absolute atomic E-state index is 0.00991. The molecule has 0 radical (unpaired) electrons. The van der Waals surface area contributed by atoms with Gasteiger partial charge in [0.1, 0.15) is 0 Å². The van der Waals surface area contributed by atoms with Crippen LogP contribution in [0.5, 0.6) is 0 Å². The maximum Gasteiger partial charge on any atom is 0.227 e. The van der Waals surface area contributed by atoms with Crippen LogP contribution < -0.4 is 11.1 Å². The molecule has 3 nitrogen and oxygen atoms in total. The van der Waals surface area contributed by atoms with E-state index in [0.717, 1.165) is 19.3 Å². The van der Waals surface area contributed by atoms with Crippen molar-refractivity contribution in [1.82, 2.24) is 5.32 Å². The Bertz CT molecular complexity index is 255. The highest BCUT2D eigenvalue weighted by atomic mass is 35.5. The van der Waals surface area contributed by atoms with Crippen molar-refractivity contribution in [2.24, 2.45) is 11.1 Å². The van der Waals surface area contributed by atoms with Gasteiger partial charge in [-0.1, -0.05) is 24.6 Å². The number of carbonyl (C=O) groups is 1. The van der Waals surface area contributed by atoms with Gasteiger partial charge in [0.05, 0.1) is 12.0 Å². The van der Waals surface area contributed by atoms with Gasteiger partial charge in [0.25, 0.3) is 0 Å². The second-order valence-corrected chi connectivity index (χ2v) is 4.65.